The van der Waals surface area contributed by atoms with Crippen LogP contribution in [-0.4, -0.2) is 45.7 Å². The van der Waals surface area contributed by atoms with Crippen molar-refractivity contribution in [1.29, 1.82) is 0 Å². The molecular formula is C22H21F4N3O3. The zero-order valence-electron chi connectivity index (χ0n) is 16.9. The molecule has 1 aliphatic heterocycles. The van der Waals surface area contributed by atoms with Crippen LogP contribution in [0, 0.1) is 11.7 Å². The zero-order valence-corrected chi connectivity index (χ0v) is 16.9. The van der Waals surface area contributed by atoms with Gasteiger partial charge >= 0.3 is 12.1 Å². The second kappa shape index (κ2) is 9.90. The van der Waals surface area contributed by atoms with Crippen molar-refractivity contribution in [3.8, 4) is 0 Å². The van der Waals surface area contributed by atoms with Crippen LogP contribution in [0.25, 0.3) is 11.0 Å². The van der Waals surface area contributed by atoms with E-state index in [4.69, 9.17) is 9.90 Å². The van der Waals surface area contributed by atoms with E-state index in [1.165, 1.54) is 12.1 Å². The van der Waals surface area contributed by atoms with E-state index in [1.54, 1.807) is 12.1 Å². The topological polar surface area (TPSA) is 84.2 Å². The molecule has 0 atom stereocenters. The molecule has 2 aromatic carbocycles. The number of hydrogen-bond acceptors (Lipinski definition) is 4. The highest BCUT2D eigenvalue weighted by atomic mass is 19.4. The Morgan fingerprint density at radius 1 is 1.06 bits per heavy atom. The summed E-state index contributed by atoms with van der Waals surface area (Å²) in [5.41, 5.74) is 2.70. The summed E-state index contributed by atoms with van der Waals surface area (Å²) in [6, 6.07) is 14.2. The average Bonchev–Trinajstić information content (AvgIpc) is 3.13. The first-order valence-electron chi connectivity index (χ1n) is 9.91. The molecule has 2 heterocycles. The molecule has 6 nitrogen and oxygen atoms in total. The number of piperidine rings is 1. The number of halogens is 4. The van der Waals surface area contributed by atoms with Crippen LogP contribution in [-0.2, 0) is 11.3 Å². The average molecular weight is 451 g/mol. The summed E-state index contributed by atoms with van der Waals surface area (Å²) in [5.74, 6) is -2.37. The van der Waals surface area contributed by atoms with Gasteiger partial charge in [0.25, 0.3) is 0 Å². The Bertz CT molecular complexity index is 1090. The van der Waals surface area contributed by atoms with Crippen molar-refractivity contribution in [2.45, 2.75) is 25.6 Å². The van der Waals surface area contributed by atoms with Crippen LogP contribution in [0.1, 0.15) is 29.0 Å². The zero-order chi connectivity index (χ0) is 23.3. The van der Waals surface area contributed by atoms with Gasteiger partial charge in [0, 0.05) is 12.5 Å². The number of aromatic nitrogens is 2. The number of carboxylic acids is 1. The molecule has 1 fully saturated rings. The molecule has 0 spiro atoms. The Hall–Kier alpha value is -3.27. The first-order chi connectivity index (χ1) is 15.2. The molecule has 3 aromatic rings. The lowest BCUT2D eigenvalue weighted by Gasteiger charge is -2.21. The van der Waals surface area contributed by atoms with Gasteiger partial charge in [0.1, 0.15) is 5.82 Å². The van der Waals surface area contributed by atoms with Crippen LogP contribution in [0.5, 0.6) is 0 Å². The van der Waals surface area contributed by atoms with E-state index in [-0.39, 0.29) is 17.5 Å². The Morgan fingerprint density at radius 2 is 1.66 bits per heavy atom. The van der Waals surface area contributed by atoms with E-state index >= 15 is 0 Å². The molecule has 0 bridgehead atoms. The van der Waals surface area contributed by atoms with Gasteiger partial charge in [-0.25, -0.2) is 14.2 Å². The first kappa shape index (κ1) is 23.4. The minimum Gasteiger partial charge on any atom is -0.475 e. The number of benzene rings is 2. The second-order valence-electron chi connectivity index (χ2n) is 7.33. The number of nitrogens with zero attached hydrogens (tertiary/aromatic N) is 2. The lowest BCUT2D eigenvalue weighted by molar-refractivity contribution is -0.192. The van der Waals surface area contributed by atoms with Crippen LogP contribution in [0.3, 0.4) is 0 Å². The van der Waals surface area contributed by atoms with Gasteiger partial charge in [-0.2, -0.15) is 13.2 Å². The fourth-order valence-electron chi connectivity index (χ4n) is 3.46. The molecule has 1 aromatic heterocycles. The lowest BCUT2D eigenvalue weighted by atomic mass is 9.93. The number of carbonyl (C=O) groups is 2. The van der Waals surface area contributed by atoms with Gasteiger partial charge in [-0.1, -0.05) is 24.3 Å². The molecule has 1 saturated heterocycles. The van der Waals surface area contributed by atoms with Gasteiger partial charge < -0.3 is 15.0 Å². The highest BCUT2D eigenvalue weighted by Gasteiger charge is 2.38. The van der Waals surface area contributed by atoms with E-state index < -0.39 is 12.1 Å². The van der Waals surface area contributed by atoms with Crippen molar-refractivity contribution in [1.82, 2.24) is 14.9 Å². The van der Waals surface area contributed by atoms with E-state index in [0.717, 1.165) is 42.5 Å². The smallest absolute Gasteiger partial charge is 0.475 e. The number of aliphatic carboxylic acids is 1. The maximum atomic E-state index is 13.2. The van der Waals surface area contributed by atoms with E-state index in [0.29, 0.717) is 12.4 Å². The van der Waals surface area contributed by atoms with Gasteiger partial charge in [-0.05, 0) is 55.8 Å². The fourth-order valence-corrected chi connectivity index (χ4v) is 3.46. The van der Waals surface area contributed by atoms with Crippen LogP contribution < -0.4 is 5.32 Å². The standard InChI is InChI=1S/C20H20FN3O.C2HF3O2/c21-16-7-5-14(6-8-16)13-24-18-4-2-1-3-17(18)23-20(24)19(25)15-9-11-22-12-10-15;3-2(4,5)1(6)7/h1-8,15,22H,9-13H2;(H,6,7). The number of carboxylic acid groups (broad SMARTS) is 1. The SMILES string of the molecule is O=C(O)C(F)(F)F.O=C(c1nc2ccccc2n1Cc1ccc(F)cc1)C1CCNCC1. The van der Waals surface area contributed by atoms with Crippen molar-refractivity contribution < 1.29 is 32.3 Å². The third kappa shape index (κ3) is 5.70. The van der Waals surface area contributed by atoms with Crippen molar-refractivity contribution in [3.05, 3.63) is 65.7 Å². The van der Waals surface area contributed by atoms with Gasteiger partial charge in [0.15, 0.2) is 5.82 Å². The maximum Gasteiger partial charge on any atom is 0.490 e. The summed E-state index contributed by atoms with van der Waals surface area (Å²) < 4.78 is 46.9. The van der Waals surface area contributed by atoms with Crippen LogP contribution in [0.2, 0.25) is 0 Å². The molecule has 0 amide bonds. The number of imidazole rings is 1. The quantitative estimate of drug-likeness (QED) is 0.462. The summed E-state index contributed by atoms with van der Waals surface area (Å²) in [5, 5.41) is 10.4. The van der Waals surface area contributed by atoms with Gasteiger partial charge in [-0.3, -0.25) is 4.79 Å². The highest BCUT2D eigenvalue weighted by Crippen LogP contribution is 2.23. The molecule has 1 aliphatic rings. The Kier molecular flexibility index (Phi) is 7.24. The number of ketones is 1. The molecule has 10 heteroatoms. The number of alkyl halides is 3. The van der Waals surface area contributed by atoms with E-state index in [1.807, 2.05) is 28.8 Å². The van der Waals surface area contributed by atoms with Gasteiger partial charge in [-0.15, -0.1) is 0 Å². The number of Topliss-reactive ketones (excluding diaryl/α,β-unsaturated/α-hetero) is 1. The molecule has 0 aliphatic carbocycles. The number of nitrogens with one attached hydrogen (secondary N) is 1. The normalized spacial score (nSPS) is 14.6. The molecule has 4 rings (SSSR count). The van der Waals surface area contributed by atoms with Crippen molar-refractivity contribution in [2.75, 3.05) is 13.1 Å². The molecule has 0 saturated carbocycles. The monoisotopic (exact) mass is 451 g/mol. The van der Waals surface area contributed by atoms with Gasteiger partial charge in [0.2, 0.25) is 5.78 Å². The third-order valence-corrected chi connectivity index (χ3v) is 5.08. The Morgan fingerprint density at radius 3 is 2.25 bits per heavy atom. The summed E-state index contributed by atoms with van der Waals surface area (Å²) in [6.07, 6.45) is -3.39. The number of rotatable bonds is 4. The number of para-hydroxylation sites is 2. The third-order valence-electron chi connectivity index (χ3n) is 5.08. The van der Waals surface area contributed by atoms with E-state index in [9.17, 15) is 22.4 Å². The fraction of sp³-hybridized carbons (Fsp3) is 0.318. The predicted molar refractivity (Wildman–Crippen MR) is 109 cm³/mol. The molecular weight excluding hydrogens is 430 g/mol. The molecule has 0 radical (unpaired) electrons. The van der Waals surface area contributed by atoms with Crippen LogP contribution in [0.15, 0.2) is 48.5 Å². The largest absolute Gasteiger partial charge is 0.490 e. The van der Waals surface area contributed by atoms with Crippen molar-refractivity contribution in [2.24, 2.45) is 5.92 Å². The molecule has 0 unspecified atom stereocenters. The lowest BCUT2D eigenvalue weighted by Crippen LogP contribution is -2.33. The Balaban J connectivity index is 0.000000360. The second-order valence-corrected chi connectivity index (χ2v) is 7.33. The molecule has 2 N–H and O–H groups in total. The minimum atomic E-state index is -5.08. The maximum absolute atomic E-state index is 13.2. The summed E-state index contributed by atoms with van der Waals surface area (Å²) in [7, 11) is 0. The number of carbonyl (C=O) groups excluding carboxylic acids is 1. The predicted octanol–water partition coefficient (Wildman–Crippen LogP) is 4.04. The van der Waals surface area contributed by atoms with Gasteiger partial charge in [0.05, 0.1) is 11.0 Å². The molecule has 170 valence electrons. The first-order valence-corrected chi connectivity index (χ1v) is 9.91. The highest BCUT2D eigenvalue weighted by molar-refractivity contribution is 5.98. The molecule has 32 heavy (non-hydrogen) atoms. The minimum absolute atomic E-state index is 0.0185. The van der Waals surface area contributed by atoms with Crippen molar-refractivity contribution >= 4 is 22.8 Å². The number of fused-ring (bicyclic) bond motifs is 1. The van der Waals surface area contributed by atoms with Crippen molar-refractivity contribution in [3.63, 3.8) is 0 Å². The summed E-state index contributed by atoms with van der Waals surface area (Å²) in [4.78, 5) is 26.6. The van der Waals surface area contributed by atoms with Crippen LogP contribution in [0.4, 0.5) is 17.6 Å². The summed E-state index contributed by atoms with van der Waals surface area (Å²) in [6.45, 7) is 2.25. The number of hydrogen-bond donors (Lipinski definition) is 2. The van der Waals surface area contributed by atoms with Crippen LogP contribution >= 0.6 is 0 Å². The van der Waals surface area contributed by atoms with E-state index in [2.05, 4.69) is 10.3 Å². The Labute approximate surface area is 180 Å². The summed E-state index contributed by atoms with van der Waals surface area (Å²) >= 11 is 0.